The summed E-state index contributed by atoms with van der Waals surface area (Å²) in [7, 11) is 0. The van der Waals surface area contributed by atoms with Gasteiger partial charge in [0.15, 0.2) is 0 Å². The first kappa shape index (κ1) is 15.3. The SMILES string of the molecule is CCCNc1nc(Cl)nc(NC2CCC(CC)CC2)n1. The number of hydrogen-bond acceptors (Lipinski definition) is 5. The maximum atomic E-state index is 5.95. The number of halogens is 1. The average Bonchev–Trinajstić information content (AvgIpc) is 2.45. The molecule has 1 aromatic heterocycles. The molecule has 0 radical (unpaired) electrons. The molecule has 6 heteroatoms. The summed E-state index contributed by atoms with van der Waals surface area (Å²) in [6.07, 6.45) is 7.24. The molecule has 1 saturated carbocycles. The smallest absolute Gasteiger partial charge is 0.229 e. The largest absolute Gasteiger partial charge is 0.354 e. The number of aromatic nitrogens is 3. The molecule has 0 bridgehead atoms. The van der Waals surface area contributed by atoms with E-state index in [4.69, 9.17) is 11.6 Å². The monoisotopic (exact) mass is 297 g/mol. The second-order valence-electron chi connectivity index (χ2n) is 5.45. The molecule has 1 fully saturated rings. The predicted molar refractivity (Wildman–Crippen MR) is 83.3 cm³/mol. The number of anilines is 2. The van der Waals surface area contributed by atoms with Crippen LogP contribution in [0.5, 0.6) is 0 Å². The number of hydrogen-bond donors (Lipinski definition) is 2. The Kier molecular flexibility index (Phi) is 5.83. The number of nitrogens with zero attached hydrogens (tertiary/aromatic N) is 3. The summed E-state index contributed by atoms with van der Waals surface area (Å²) < 4.78 is 0. The lowest BCUT2D eigenvalue weighted by Crippen LogP contribution is -2.27. The van der Waals surface area contributed by atoms with Crippen LogP contribution in [0.4, 0.5) is 11.9 Å². The molecule has 5 nitrogen and oxygen atoms in total. The van der Waals surface area contributed by atoms with Crippen molar-refractivity contribution >= 4 is 23.5 Å². The highest BCUT2D eigenvalue weighted by Gasteiger charge is 2.20. The van der Waals surface area contributed by atoms with Crippen molar-refractivity contribution in [2.45, 2.75) is 58.4 Å². The Hall–Kier alpha value is -1.10. The van der Waals surface area contributed by atoms with Crippen LogP contribution in [0.25, 0.3) is 0 Å². The van der Waals surface area contributed by atoms with Gasteiger partial charge in [0.05, 0.1) is 0 Å². The fourth-order valence-corrected chi connectivity index (χ4v) is 2.79. The van der Waals surface area contributed by atoms with Gasteiger partial charge in [-0.3, -0.25) is 0 Å². The van der Waals surface area contributed by atoms with Gasteiger partial charge >= 0.3 is 0 Å². The van der Waals surface area contributed by atoms with Crippen molar-refractivity contribution in [3.05, 3.63) is 5.28 Å². The van der Waals surface area contributed by atoms with E-state index >= 15 is 0 Å². The topological polar surface area (TPSA) is 62.7 Å². The van der Waals surface area contributed by atoms with Crippen molar-refractivity contribution in [1.82, 2.24) is 15.0 Å². The molecule has 0 aromatic carbocycles. The van der Waals surface area contributed by atoms with E-state index in [1.54, 1.807) is 0 Å². The van der Waals surface area contributed by atoms with Gasteiger partial charge in [-0.2, -0.15) is 15.0 Å². The van der Waals surface area contributed by atoms with Crippen molar-refractivity contribution in [3.63, 3.8) is 0 Å². The Bertz CT molecular complexity index is 418. The molecule has 0 spiro atoms. The van der Waals surface area contributed by atoms with Crippen LogP contribution in [0.3, 0.4) is 0 Å². The zero-order valence-electron chi connectivity index (χ0n) is 12.3. The molecule has 1 aliphatic carbocycles. The standard InChI is InChI=1S/C14H24ClN5/c1-3-9-16-13-18-12(15)19-14(20-13)17-11-7-5-10(4-2)6-8-11/h10-11H,3-9H2,1-2H3,(H2,16,17,18,19,20). The predicted octanol–water partition coefficient (Wildman–Crippen LogP) is 3.73. The summed E-state index contributed by atoms with van der Waals surface area (Å²) in [5.41, 5.74) is 0. The van der Waals surface area contributed by atoms with Crippen LogP contribution in [0.1, 0.15) is 52.4 Å². The summed E-state index contributed by atoms with van der Waals surface area (Å²) in [6.45, 7) is 5.21. The first-order valence-electron chi connectivity index (χ1n) is 7.63. The average molecular weight is 298 g/mol. The third kappa shape index (κ3) is 4.47. The minimum atomic E-state index is 0.239. The first-order valence-corrected chi connectivity index (χ1v) is 8.01. The maximum absolute atomic E-state index is 5.95. The summed E-state index contributed by atoms with van der Waals surface area (Å²) in [5.74, 6) is 2.02. The van der Waals surface area contributed by atoms with Gasteiger partial charge in [-0.15, -0.1) is 0 Å². The second-order valence-corrected chi connectivity index (χ2v) is 5.79. The molecule has 1 aromatic rings. The van der Waals surface area contributed by atoms with Gasteiger partial charge < -0.3 is 10.6 Å². The third-order valence-corrected chi connectivity index (χ3v) is 4.07. The van der Waals surface area contributed by atoms with Gasteiger partial charge in [0, 0.05) is 12.6 Å². The molecule has 1 aliphatic rings. The Labute approximate surface area is 126 Å². The summed E-state index contributed by atoms with van der Waals surface area (Å²) in [4.78, 5) is 12.6. The first-order chi connectivity index (χ1) is 9.71. The van der Waals surface area contributed by atoms with Gasteiger partial charge in [-0.25, -0.2) is 0 Å². The van der Waals surface area contributed by atoms with Crippen LogP contribution >= 0.6 is 11.6 Å². The molecular formula is C14H24ClN5. The van der Waals surface area contributed by atoms with Crippen LogP contribution in [-0.4, -0.2) is 27.5 Å². The molecule has 0 amide bonds. The molecular weight excluding hydrogens is 274 g/mol. The van der Waals surface area contributed by atoms with Crippen molar-refractivity contribution in [1.29, 1.82) is 0 Å². The molecule has 0 saturated heterocycles. The van der Waals surface area contributed by atoms with E-state index in [0.717, 1.165) is 18.9 Å². The van der Waals surface area contributed by atoms with Gasteiger partial charge in [0.2, 0.25) is 17.2 Å². The van der Waals surface area contributed by atoms with E-state index in [2.05, 4.69) is 39.4 Å². The molecule has 0 atom stereocenters. The van der Waals surface area contributed by atoms with Crippen LogP contribution in [0.2, 0.25) is 5.28 Å². The molecule has 2 N–H and O–H groups in total. The second kappa shape index (κ2) is 7.62. The molecule has 0 unspecified atom stereocenters. The lowest BCUT2D eigenvalue weighted by atomic mass is 9.85. The highest BCUT2D eigenvalue weighted by atomic mass is 35.5. The lowest BCUT2D eigenvalue weighted by Gasteiger charge is -2.28. The zero-order valence-corrected chi connectivity index (χ0v) is 13.1. The van der Waals surface area contributed by atoms with E-state index in [1.807, 2.05) is 0 Å². The van der Waals surface area contributed by atoms with Crippen LogP contribution in [-0.2, 0) is 0 Å². The van der Waals surface area contributed by atoms with Crippen molar-refractivity contribution in [3.8, 4) is 0 Å². The summed E-state index contributed by atoms with van der Waals surface area (Å²) >= 11 is 5.95. The number of nitrogens with one attached hydrogen (secondary N) is 2. The van der Waals surface area contributed by atoms with Crippen LogP contribution in [0, 0.1) is 5.92 Å². The Balaban J connectivity index is 1.93. The van der Waals surface area contributed by atoms with Gasteiger partial charge in [-0.1, -0.05) is 20.3 Å². The zero-order chi connectivity index (χ0) is 14.4. The minimum absolute atomic E-state index is 0.239. The van der Waals surface area contributed by atoms with E-state index in [9.17, 15) is 0 Å². The van der Waals surface area contributed by atoms with Gasteiger partial charge in [0.1, 0.15) is 0 Å². The number of rotatable bonds is 6. The fourth-order valence-electron chi connectivity index (χ4n) is 2.63. The lowest BCUT2D eigenvalue weighted by molar-refractivity contribution is 0.329. The van der Waals surface area contributed by atoms with Crippen molar-refractivity contribution in [2.24, 2.45) is 5.92 Å². The fraction of sp³-hybridized carbons (Fsp3) is 0.786. The van der Waals surface area contributed by atoms with E-state index in [0.29, 0.717) is 17.9 Å². The Morgan fingerprint density at radius 3 is 2.40 bits per heavy atom. The van der Waals surface area contributed by atoms with Gasteiger partial charge in [-0.05, 0) is 49.6 Å². The summed E-state index contributed by atoms with van der Waals surface area (Å²) in [6, 6.07) is 0.454. The highest BCUT2D eigenvalue weighted by Crippen LogP contribution is 2.28. The van der Waals surface area contributed by atoms with E-state index < -0.39 is 0 Å². The molecule has 0 aliphatic heterocycles. The van der Waals surface area contributed by atoms with Crippen LogP contribution < -0.4 is 10.6 Å². The van der Waals surface area contributed by atoms with Gasteiger partial charge in [0.25, 0.3) is 0 Å². The third-order valence-electron chi connectivity index (χ3n) is 3.90. The molecule has 112 valence electrons. The molecule has 1 heterocycles. The van der Waals surface area contributed by atoms with E-state index in [1.165, 1.54) is 32.1 Å². The quantitative estimate of drug-likeness (QED) is 0.838. The highest BCUT2D eigenvalue weighted by molar-refractivity contribution is 6.28. The minimum Gasteiger partial charge on any atom is -0.354 e. The van der Waals surface area contributed by atoms with Crippen molar-refractivity contribution in [2.75, 3.05) is 17.2 Å². The van der Waals surface area contributed by atoms with Crippen LogP contribution in [0.15, 0.2) is 0 Å². The Morgan fingerprint density at radius 1 is 1.05 bits per heavy atom. The van der Waals surface area contributed by atoms with Crippen molar-refractivity contribution < 1.29 is 0 Å². The normalized spacial score (nSPS) is 22.6. The molecule has 20 heavy (non-hydrogen) atoms. The van der Waals surface area contributed by atoms with E-state index in [-0.39, 0.29) is 5.28 Å². The summed E-state index contributed by atoms with van der Waals surface area (Å²) in [5, 5.41) is 6.78. The molecule has 2 rings (SSSR count). The Morgan fingerprint density at radius 2 is 1.75 bits per heavy atom. The maximum Gasteiger partial charge on any atom is 0.229 e.